The van der Waals surface area contributed by atoms with Crippen molar-refractivity contribution in [2.75, 3.05) is 26.2 Å². The Bertz CT molecular complexity index is 552. The molecule has 31 heavy (non-hydrogen) atoms. The molecule has 2 rings (SSSR count). The molecule has 2 aliphatic rings. The maximum absolute atomic E-state index is 2.85. The van der Waals surface area contributed by atoms with E-state index >= 15 is 0 Å². The Morgan fingerprint density at radius 3 is 2.06 bits per heavy atom. The standard InChI is InChI=1S/C29H58N2/c1-23-15-20-30(21-16-25(23)26(3,4)5)28(9,10)18-14-24(2)29(11)17-12-13-19-31(22-29)27(6,7)8/h23-25H,12-22H2,1-11H3. The van der Waals surface area contributed by atoms with Gasteiger partial charge in [-0.05, 0) is 121 Å². The van der Waals surface area contributed by atoms with Gasteiger partial charge < -0.3 is 0 Å². The fourth-order valence-corrected chi connectivity index (χ4v) is 6.62. The lowest BCUT2D eigenvalue weighted by Gasteiger charge is -2.45. The van der Waals surface area contributed by atoms with Crippen LogP contribution in [0.15, 0.2) is 0 Å². The molecule has 0 N–H and O–H groups in total. The van der Waals surface area contributed by atoms with Crippen molar-refractivity contribution in [2.24, 2.45) is 28.6 Å². The zero-order valence-corrected chi connectivity index (χ0v) is 23.4. The molecule has 0 aromatic rings. The van der Waals surface area contributed by atoms with Crippen LogP contribution in [0.2, 0.25) is 0 Å². The van der Waals surface area contributed by atoms with Crippen molar-refractivity contribution in [3.63, 3.8) is 0 Å². The van der Waals surface area contributed by atoms with Crippen LogP contribution >= 0.6 is 0 Å². The van der Waals surface area contributed by atoms with Gasteiger partial charge in [0, 0.05) is 17.6 Å². The van der Waals surface area contributed by atoms with Crippen LogP contribution in [0.3, 0.4) is 0 Å². The lowest BCUT2D eigenvalue weighted by atomic mass is 9.71. The highest BCUT2D eigenvalue weighted by Gasteiger charge is 2.40. The van der Waals surface area contributed by atoms with Crippen LogP contribution in [-0.4, -0.2) is 47.1 Å². The fourth-order valence-electron chi connectivity index (χ4n) is 6.62. The highest BCUT2D eigenvalue weighted by molar-refractivity contribution is 4.93. The zero-order chi connectivity index (χ0) is 23.7. The maximum atomic E-state index is 2.85. The van der Waals surface area contributed by atoms with E-state index in [0.29, 0.717) is 16.4 Å². The van der Waals surface area contributed by atoms with E-state index in [1.54, 1.807) is 0 Å². The van der Waals surface area contributed by atoms with Gasteiger partial charge in [0.05, 0.1) is 0 Å². The summed E-state index contributed by atoms with van der Waals surface area (Å²) in [6.07, 6.45) is 9.57. The van der Waals surface area contributed by atoms with E-state index < -0.39 is 0 Å². The number of rotatable bonds is 5. The average molecular weight is 435 g/mol. The zero-order valence-electron chi connectivity index (χ0n) is 23.4. The van der Waals surface area contributed by atoms with Crippen LogP contribution < -0.4 is 0 Å². The van der Waals surface area contributed by atoms with E-state index in [-0.39, 0.29) is 5.54 Å². The smallest absolute Gasteiger partial charge is 0.0153 e. The minimum atomic E-state index is 0.289. The molecule has 0 aromatic heterocycles. The molecule has 0 spiro atoms. The summed E-state index contributed by atoms with van der Waals surface area (Å²) < 4.78 is 0. The number of likely N-dealkylation sites (tertiary alicyclic amines) is 2. The third-order valence-electron chi connectivity index (χ3n) is 9.53. The van der Waals surface area contributed by atoms with Crippen molar-refractivity contribution in [3.05, 3.63) is 0 Å². The summed E-state index contributed by atoms with van der Waals surface area (Å²) >= 11 is 0. The van der Waals surface area contributed by atoms with Crippen LogP contribution in [0.25, 0.3) is 0 Å². The molecule has 4 atom stereocenters. The van der Waals surface area contributed by atoms with Gasteiger partial charge >= 0.3 is 0 Å². The Balaban J connectivity index is 2.00. The highest BCUT2D eigenvalue weighted by Crippen LogP contribution is 2.43. The summed E-state index contributed by atoms with van der Waals surface area (Å²) in [6, 6.07) is 0. The number of nitrogens with zero attached hydrogens (tertiary/aromatic N) is 2. The fraction of sp³-hybridized carbons (Fsp3) is 1.00. The van der Waals surface area contributed by atoms with Crippen molar-refractivity contribution in [2.45, 2.75) is 132 Å². The Morgan fingerprint density at radius 1 is 0.871 bits per heavy atom. The van der Waals surface area contributed by atoms with Crippen molar-refractivity contribution in [1.82, 2.24) is 9.80 Å². The Labute approximate surface area is 196 Å². The van der Waals surface area contributed by atoms with Gasteiger partial charge in [-0.15, -0.1) is 0 Å². The molecule has 4 unspecified atom stereocenters. The lowest BCUT2D eigenvalue weighted by Crippen LogP contribution is -2.48. The normalized spacial score (nSPS) is 31.8. The first-order chi connectivity index (χ1) is 14.1. The maximum Gasteiger partial charge on any atom is 0.0153 e. The molecule has 184 valence electrons. The predicted octanol–water partition coefficient (Wildman–Crippen LogP) is 7.87. The van der Waals surface area contributed by atoms with E-state index in [4.69, 9.17) is 0 Å². The molecule has 0 radical (unpaired) electrons. The minimum absolute atomic E-state index is 0.289. The Kier molecular flexibility index (Phi) is 8.80. The third-order valence-corrected chi connectivity index (χ3v) is 9.53. The van der Waals surface area contributed by atoms with Crippen LogP contribution in [0.1, 0.15) is 121 Å². The Hall–Kier alpha value is -0.0800. The number of hydrogen-bond acceptors (Lipinski definition) is 2. The van der Waals surface area contributed by atoms with E-state index in [9.17, 15) is 0 Å². The second kappa shape index (κ2) is 10.0. The molecule has 0 bridgehead atoms. The monoisotopic (exact) mass is 434 g/mol. The van der Waals surface area contributed by atoms with Gasteiger partial charge in [-0.1, -0.05) is 48.0 Å². The predicted molar refractivity (Wildman–Crippen MR) is 139 cm³/mol. The topological polar surface area (TPSA) is 6.48 Å². The third kappa shape index (κ3) is 7.20. The molecule has 2 aliphatic heterocycles. The molecule has 2 fully saturated rings. The van der Waals surface area contributed by atoms with E-state index in [1.807, 2.05) is 0 Å². The minimum Gasteiger partial charge on any atom is -0.298 e. The van der Waals surface area contributed by atoms with Gasteiger partial charge in [-0.25, -0.2) is 0 Å². The van der Waals surface area contributed by atoms with Gasteiger partial charge in [0.2, 0.25) is 0 Å². The molecule has 2 heteroatoms. The van der Waals surface area contributed by atoms with Gasteiger partial charge in [0.1, 0.15) is 0 Å². The second-order valence-electron chi connectivity index (χ2n) is 14.5. The van der Waals surface area contributed by atoms with Crippen molar-refractivity contribution >= 4 is 0 Å². The van der Waals surface area contributed by atoms with Crippen LogP contribution in [0.4, 0.5) is 0 Å². The first kappa shape index (κ1) is 27.2. The average Bonchev–Trinajstić information content (AvgIpc) is 2.95. The first-order valence-electron chi connectivity index (χ1n) is 13.6. The van der Waals surface area contributed by atoms with Crippen LogP contribution in [0.5, 0.6) is 0 Å². The Morgan fingerprint density at radius 2 is 1.48 bits per heavy atom. The van der Waals surface area contributed by atoms with E-state index in [2.05, 4.69) is 86.0 Å². The molecule has 0 aromatic carbocycles. The highest BCUT2D eigenvalue weighted by atomic mass is 15.2. The molecular formula is C29H58N2. The van der Waals surface area contributed by atoms with Crippen molar-refractivity contribution < 1.29 is 0 Å². The second-order valence-corrected chi connectivity index (χ2v) is 14.5. The molecule has 0 amide bonds. The molecule has 2 nitrogen and oxygen atoms in total. The summed E-state index contributed by atoms with van der Waals surface area (Å²) in [5.41, 5.74) is 1.48. The van der Waals surface area contributed by atoms with Gasteiger partial charge in [-0.2, -0.15) is 0 Å². The molecule has 2 saturated heterocycles. The van der Waals surface area contributed by atoms with E-state index in [0.717, 1.165) is 17.8 Å². The summed E-state index contributed by atoms with van der Waals surface area (Å²) in [7, 11) is 0. The summed E-state index contributed by atoms with van der Waals surface area (Å²) in [5.74, 6) is 2.47. The SMILES string of the molecule is CC1CCN(C(C)(C)CCC(C)C2(C)CCCCN(C(C)(C)C)C2)CCC1C(C)(C)C. The molecule has 0 aliphatic carbocycles. The van der Waals surface area contributed by atoms with Gasteiger partial charge in [-0.3, -0.25) is 9.80 Å². The number of hydrogen-bond donors (Lipinski definition) is 0. The summed E-state index contributed by atoms with van der Waals surface area (Å²) in [4.78, 5) is 5.61. The quantitative estimate of drug-likeness (QED) is 0.434. The van der Waals surface area contributed by atoms with Crippen molar-refractivity contribution in [3.8, 4) is 0 Å². The van der Waals surface area contributed by atoms with Crippen molar-refractivity contribution in [1.29, 1.82) is 0 Å². The van der Waals surface area contributed by atoms with Gasteiger partial charge in [0.15, 0.2) is 0 Å². The van der Waals surface area contributed by atoms with Crippen LogP contribution in [0, 0.1) is 28.6 Å². The molecule has 0 saturated carbocycles. The molecule has 2 heterocycles. The molecular weight excluding hydrogens is 376 g/mol. The van der Waals surface area contributed by atoms with E-state index in [1.165, 1.54) is 71.1 Å². The first-order valence-corrected chi connectivity index (χ1v) is 13.6. The summed E-state index contributed by atoms with van der Waals surface area (Å²) in [6.45, 7) is 32.4. The largest absolute Gasteiger partial charge is 0.298 e. The van der Waals surface area contributed by atoms with Crippen LogP contribution in [-0.2, 0) is 0 Å². The lowest BCUT2D eigenvalue weighted by molar-refractivity contribution is 0.0453. The summed E-state index contributed by atoms with van der Waals surface area (Å²) in [5, 5.41) is 0. The van der Waals surface area contributed by atoms with Gasteiger partial charge in [0.25, 0.3) is 0 Å².